The highest BCUT2D eigenvalue weighted by molar-refractivity contribution is 6.41. The normalized spacial score (nSPS) is 14.5. The summed E-state index contributed by atoms with van der Waals surface area (Å²) < 4.78 is 17.0. The lowest BCUT2D eigenvalue weighted by Gasteiger charge is -2.18. The molecule has 1 amide bonds. The van der Waals surface area contributed by atoms with Gasteiger partial charge in [-0.05, 0) is 43.8 Å². The second kappa shape index (κ2) is 13.8. The van der Waals surface area contributed by atoms with Gasteiger partial charge < -0.3 is 35.1 Å². The number of nitrogens with one attached hydrogen (secondary N) is 3. The predicted molar refractivity (Wildman–Crippen MR) is 173 cm³/mol. The van der Waals surface area contributed by atoms with Crippen molar-refractivity contribution in [2.75, 3.05) is 50.3 Å². The van der Waals surface area contributed by atoms with Gasteiger partial charge in [0, 0.05) is 43.0 Å². The summed E-state index contributed by atoms with van der Waals surface area (Å²) in [5.74, 6) is 1.97. The Labute approximate surface area is 265 Å². The molecule has 228 valence electrons. The van der Waals surface area contributed by atoms with Crippen LogP contribution in [-0.4, -0.2) is 66.2 Å². The maximum absolute atomic E-state index is 12.3. The van der Waals surface area contributed by atoms with Crippen LogP contribution in [-0.2, 0) is 4.79 Å². The van der Waals surface area contributed by atoms with Gasteiger partial charge in [0.1, 0.15) is 51.4 Å². The molecule has 4 aromatic rings. The predicted octanol–water partition coefficient (Wildman–Crippen LogP) is 6.56. The van der Waals surface area contributed by atoms with E-state index in [1.807, 2.05) is 18.2 Å². The molecule has 11 nitrogen and oxygen atoms in total. The van der Waals surface area contributed by atoms with E-state index in [0.717, 1.165) is 19.5 Å². The van der Waals surface area contributed by atoms with Crippen LogP contribution >= 0.6 is 23.2 Å². The van der Waals surface area contributed by atoms with Gasteiger partial charge in [0.15, 0.2) is 0 Å². The Bertz CT molecular complexity index is 1660. The SMILES string of the molecule is C=CC(=O)Nc1cc(OC2CCN(C)C2)ccc1Nc1cc(-c2cccnc2Nc2c(Cl)c(OC)cc(OC)c2Cl)ncn1. The van der Waals surface area contributed by atoms with Crippen molar-refractivity contribution in [3.63, 3.8) is 0 Å². The van der Waals surface area contributed by atoms with Gasteiger partial charge in [-0.3, -0.25) is 4.79 Å². The molecule has 0 saturated carbocycles. The number of methoxy groups -OCH3 is 2. The van der Waals surface area contributed by atoms with Crippen LogP contribution in [0, 0.1) is 0 Å². The van der Waals surface area contributed by atoms with Gasteiger partial charge in [-0.25, -0.2) is 15.0 Å². The number of amides is 1. The highest BCUT2D eigenvalue weighted by Gasteiger charge is 2.22. The lowest BCUT2D eigenvalue weighted by molar-refractivity contribution is -0.111. The third kappa shape index (κ3) is 6.96. The van der Waals surface area contributed by atoms with Crippen molar-refractivity contribution >= 4 is 57.8 Å². The van der Waals surface area contributed by atoms with Gasteiger partial charge in [0.2, 0.25) is 5.91 Å². The molecule has 1 unspecified atom stereocenters. The number of hydrogen-bond acceptors (Lipinski definition) is 10. The minimum atomic E-state index is -0.355. The smallest absolute Gasteiger partial charge is 0.247 e. The van der Waals surface area contributed by atoms with Crippen molar-refractivity contribution < 1.29 is 19.0 Å². The molecule has 1 saturated heterocycles. The zero-order chi connectivity index (χ0) is 31.2. The quantitative estimate of drug-likeness (QED) is 0.156. The van der Waals surface area contributed by atoms with Gasteiger partial charge in [-0.2, -0.15) is 0 Å². The fourth-order valence-electron chi connectivity index (χ4n) is 4.71. The maximum atomic E-state index is 12.3. The van der Waals surface area contributed by atoms with Gasteiger partial charge in [-0.15, -0.1) is 0 Å². The topological polar surface area (TPSA) is 123 Å². The van der Waals surface area contributed by atoms with E-state index in [0.29, 0.717) is 57.2 Å². The summed E-state index contributed by atoms with van der Waals surface area (Å²) >= 11 is 13.2. The molecule has 0 aliphatic carbocycles. The van der Waals surface area contributed by atoms with E-state index in [1.54, 1.807) is 30.5 Å². The van der Waals surface area contributed by atoms with Crippen LogP contribution in [0.3, 0.4) is 0 Å². The zero-order valence-corrected chi connectivity index (χ0v) is 25.9. The third-order valence-corrected chi connectivity index (χ3v) is 7.67. The number of pyridine rings is 1. The number of hydrogen-bond donors (Lipinski definition) is 3. The first-order chi connectivity index (χ1) is 21.3. The van der Waals surface area contributed by atoms with Crippen LogP contribution < -0.4 is 30.2 Å². The van der Waals surface area contributed by atoms with Crippen molar-refractivity contribution in [1.82, 2.24) is 19.9 Å². The molecule has 2 aromatic carbocycles. The first-order valence-electron chi connectivity index (χ1n) is 13.6. The Kier molecular flexibility index (Phi) is 9.69. The number of likely N-dealkylation sites (tertiary alicyclic amines) is 1. The molecule has 0 spiro atoms. The van der Waals surface area contributed by atoms with E-state index in [9.17, 15) is 4.79 Å². The van der Waals surface area contributed by atoms with Crippen molar-refractivity contribution in [2.24, 2.45) is 0 Å². The van der Waals surface area contributed by atoms with Crippen LogP contribution in [0.2, 0.25) is 10.0 Å². The Morgan fingerprint density at radius 2 is 1.80 bits per heavy atom. The summed E-state index contributed by atoms with van der Waals surface area (Å²) in [5, 5.41) is 9.87. The number of rotatable bonds is 11. The lowest BCUT2D eigenvalue weighted by atomic mass is 10.1. The molecule has 1 atom stereocenters. The number of aromatic nitrogens is 3. The number of anilines is 5. The fraction of sp³-hybridized carbons (Fsp3) is 0.226. The number of carbonyl (C=O) groups excluding carboxylic acids is 1. The fourth-order valence-corrected chi connectivity index (χ4v) is 5.31. The van der Waals surface area contributed by atoms with Crippen LogP contribution in [0.5, 0.6) is 17.2 Å². The number of halogens is 2. The first kappa shape index (κ1) is 30.9. The van der Waals surface area contributed by atoms with E-state index in [1.165, 1.54) is 26.6 Å². The molecule has 5 rings (SSSR count). The summed E-state index contributed by atoms with van der Waals surface area (Å²) in [6.45, 7) is 5.38. The molecule has 1 fully saturated rings. The number of benzene rings is 2. The van der Waals surface area contributed by atoms with Crippen LogP contribution in [0.25, 0.3) is 11.3 Å². The standard InChI is InChI=1S/C31H31Cl2N7O4/c1-5-27(41)38-23-13-18(44-19-10-12-40(2)16-19)8-9-21(23)37-26-14-22(35-17-36-26)20-7-6-11-34-31(20)39-30-28(32)24(42-3)15-25(43-4)29(30)33/h5-9,11,13-15,17,19H,1,10,12,16H2,2-4H3,(H,34,39)(H,38,41)(H,35,36,37). The Morgan fingerprint density at radius 3 is 2.48 bits per heavy atom. The monoisotopic (exact) mass is 635 g/mol. The molecule has 3 N–H and O–H groups in total. The number of ether oxygens (including phenoxy) is 3. The Balaban J connectivity index is 1.44. The van der Waals surface area contributed by atoms with E-state index >= 15 is 0 Å². The lowest BCUT2D eigenvalue weighted by Crippen LogP contribution is -2.21. The second-order valence-electron chi connectivity index (χ2n) is 9.91. The molecule has 1 aliphatic rings. The van der Waals surface area contributed by atoms with E-state index < -0.39 is 0 Å². The minimum absolute atomic E-state index is 0.0799. The molecule has 0 radical (unpaired) electrons. The maximum Gasteiger partial charge on any atom is 0.247 e. The van der Waals surface area contributed by atoms with Crippen LogP contribution in [0.15, 0.2) is 67.6 Å². The molecule has 44 heavy (non-hydrogen) atoms. The van der Waals surface area contributed by atoms with Gasteiger partial charge in [0.25, 0.3) is 0 Å². The average molecular weight is 637 g/mol. The van der Waals surface area contributed by atoms with Gasteiger partial charge in [0.05, 0.1) is 37.0 Å². The number of carbonyl (C=O) groups is 1. The van der Waals surface area contributed by atoms with Crippen molar-refractivity contribution in [2.45, 2.75) is 12.5 Å². The molecule has 2 aromatic heterocycles. The average Bonchev–Trinajstić information content (AvgIpc) is 3.45. The summed E-state index contributed by atoms with van der Waals surface area (Å²) in [6, 6.07) is 12.5. The number of likely N-dealkylation sites (N-methyl/N-ethyl adjacent to an activating group) is 1. The molecule has 1 aliphatic heterocycles. The van der Waals surface area contributed by atoms with Crippen LogP contribution in [0.4, 0.5) is 28.7 Å². The Hall–Kier alpha value is -4.58. The van der Waals surface area contributed by atoms with Crippen LogP contribution in [0.1, 0.15) is 6.42 Å². The first-order valence-corrected chi connectivity index (χ1v) is 14.4. The molecule has 0 bridgehead atoms. The zero-order valence-electron chi connectivity index (χ0n) is 24.4. The van der Waals surface area contributed by atoms with E-state index in [4.69, 9.17) is 37.4 Å². The van der Waals surface area contributed by atoms with Crippen molar-refractivity contribution in [1.29, 1.82) is 0 Å². The van der Waals surface area contributed by atoms with Crippen molar-refractivity contribution in [3.8, 4) is 28.5 Å². The summed E-state index contributed by atoms with van der Waals surface area (Å²) in [6.07, 6.45) is 5.28. The third-order valence-electron chi connectivity index (χ3n) is 6.92. The van der Waals surface area contributed by atoms with Gasteiger partial charge in [-0.1, -0.05) is 29.8 Å². The largest absolute Gasteiger partial charge is 0.495 e. The summed E-state index contributed by atoms with van der Waals surface area (Å²) in [4.78, 5) is 27.9. The molecular weight excluding hydrogens is 605 g/mol. The van der Waals surface area contributed by atoms with Gasteiger partial charge >= 0.3 is 0 Å². The highest BCUT2D eigenvalue weighted by Crippen LogP contribution is 2.46. The summed E-state index contributed by atoms with van der Waals surface area (Å²) in [5.41, 5.74) is 2.69. The minimum Gasteiger partial charge on any atom is -0.495 e. The number of nitrogens with zero attached hydrogens (tertiary/aromatic N) is 4. The van der Waals surface area contributed by atoms with E-state index in [2.05, 4.69) is 49.4 Å². The highest BCUT2D eigenvalue weighted by atomic mass is 35.5. The second-order valence-corrected chi connectivity index (χ2v) is 10.7. The molecule has 13 heteroatoms. The van der Waals surface area contributed by atoms with E-state index in [-0.39, 0.29) is 22.1 Å². The Morgan fingerprint density at radius 1 is 1.02 bits per heavy atom. The summed E-state index contributed by atoms with van der Waals surface area (Å²) in [7, 11) is 5.07. The molecular formula is C31H31Cl2N7O4. The van der Waals surface area contributed by atoms with Crippen molar-refractivity contribution in [3.05, 3.63) is 77.7 Å². The molecule has 3 heterocycles.